The summed E-state index contributed by atoms with van der Waals surface area (Å²) in [6.45, 7) is 5.18. The summed E-state index contributed by atoms with van der Waals surface area (Å²) in [4.78, 5) is 15.6. The lowest BCUT2D eigenvalue weighted by molar-refractivity contribution is 0.0793. The molecule has 1 aromatic carbocycles. The molecule has 12 heteroatoms. The number of aliphatic hydroxyl groups is 1. The molecule has 1 aliphatic rings. The number of benzene rings is 1. The SMILES string of the molecule is CC(C)(O)c1cc2nn([C@H]3CC[C@H](C)CC3)cc2cc1NC(=O)c1cccc(S(F)(F)(F)(F)F)n1. The summed E-state index contributed by atoms with van der Waals surface area (Å²) in [5.74, 6) is -0.460. The molecule has 0 aliphatic heterocycles. The monoisotopic (exact) mass is 518 g/mol. The van der Waals surface area contributed by atoms with Crippen molar-refractivity contribution in [3.8, 4) is 0 Å². The van der Waals surface area contributed by atoms with Crippen molar-refractivity contribution in [2.24, 2.45) is 5.92 Å². The lowest BCUT2D eigenvalue weighted by Gasteiger charge is -2.39. The Bertz CT molecular complexity index is 1290. The minimum absolute atomic E-state index is 0.117. The van der Waals surface area contributed by atoms with Gasteiger partial charge >= 0.3 is 10.2 Å². The van der Waals surface area contributed by atoms with E-state index in [0.717, 1.165) is 31.7 Å². The van der Waals surface area contributed by atoms with Crippen molar-refractivity contribution < 1.29 is 29.3 Å². The van der Waals surface area contributed by atoms with Crippen LogP contribution in [0.5, 0.6) is 0 Å². The van der Waals surface area contributed by atoms with E-state index >= 15 is 0 Å². The van der Waals surface area contributed by atoms with Gasteiger partial charge in [0.15, 0.2) is 5.03 Å². The number of amides is 1. The summed E-state index contributed by atoms with van der Waals surface area (Å²) in [5.41, 5.74) is -1.31. The predicted octanol–water partition coefficient (Wildman–Crippen LogP) is 7.32. The molecule has 35 heavy (non-hydrogen) atoms. The summed E-state index contributed by atoms with van der Waals surface area (Å²) in [6, 6.07) is 5.13. The van der Waals surface area contributed by atoms with Gasteiger partial charge in [-0.1, -0.05) is 32.4 Å². The molecule has 0 spiro atoms. The Balaban J connectivity index is 1.70. The van der Waals surface area contributed by atoms with Crippen LogP contribution in [-0.4, -0.2) is 25.8 Å². The smallest absolute Gasteiger partial charge is 0.325 e. The predicted molar refractivity (Wildman–Crippen MR) is 125 cm³/mol. The minimum atomic E-state index is -10.1. The Morgan fingerprint density at radius 2 is 1.77 bits per heavy atom. The van der Waals surface area contributed by atoms with Gasteiger partial charge in [-0.25, -0.2) is 4.98 Å². The van der Waals surface area contributed by atoms with Gasteiger partial charge < -0.3 is 10.4 Å². The average Bonchev–Trinajstić information content (AvgIpc) is 3.14. The van der Waals surface area contributed by atoms with Gasteiger partial charge in [0.25, 0.3) is 5.91 Å². The van der Waals surface area contributed by atoms with Gasteiger partial charge in [-0.3, -0.25) is 9.48 Å². The Labute approximate surface area is 199 Å². The first-order chi connectivity index (χ1) is 15.9. The normalized spacial score (nSPS) is 21.4. The Morgan fingerprint density at radius 1 is 1.11 bits per heavy atom. The number of fused-ring (bicyclic) bond motifs is 1. The van der Waals surface area contributed by atoms with Crippen LogP contribution in [0, 0.1) is 5.92 Å². The van der Waals surface area contributed by atoms with Crippen LogP contribution in [-0.2, 0) is 5.60 Å². The molecule has 1 aliphatic carbocycles. The Morgan fingerprint density at radius 3 is 2.37 bits per heavy atom. The van der Waals surface area contributed by atoms with E-state index in [2.05, 4.69) is 22.3 Å². The zero-order chi connectivity index (χ0) is 25.9. The highest BCUT2D eigenvalue weighted by Crippen LogP contribution is 3.01. The van der Waals surface area contributed by atoms with Crippen molar-refractivity contribution in [1.29, 1.82) is 0 Å². The lowest BCUT2D eigenvalue weighted by atomic mass is 9.87. The van der Waals surface area contributed by atoms with E-state index in [1.54, 1.807) is 12.1 Å². The Hall–Kier alpha value is -2.73. The zero-order valence-corrected chi connectivity index (χ0v) is 20.3. The number of hydrogen-bond acceptors (Lipinski definition) is 4. The molecular weight excluding hydrogens is 491 g/mol. The van der Waals surface area contributed by atoms with Crippen LogP contribution in [0.2, 0.25) is 0 Å². The van der Waals surface area contributed by atoms with E-state index in [9.17, 15) is 29.3 Å². The van der Waals surface area contributed by atoms with Crippen LogP contribution in [0.15, 0.2) is 41.6 Å². The summed E-state index contributed by atoms with van der Waals surface area (Å²) in [5, 5.41) is 16.0. The van der Waals surface area contributed by atoms with Crippen LogP contribution in [0.25, 0.3) is 10.9 Å². The fourth-order valence-corrected chi connectivity index (χ4v) is 4.94. The van der Waals surface area contributed by atoms with Crippen molar-refractivity contribution in [2.45, 2.75) is 63.1 Å². The number of halogens is 5. The van der Waals surface area contributed by atoms with Crippen LogP contribution in [0.1, 0.15) is 68.5 Å². The molecule has 2 aromatic heterocycles. The fourth-order valence-electron chi connectivity index (χ4n) is 4.34. The molecule has 0 saturated heterocycles. The molecule has 0 atom stereocenters. The molecule has 0 bridgehead atoms. The third-order valence-corrected chi connectivity index (χ3v) is 7.30. The third kappa shape index (κ3) is 5.58. The number of nitrogens with zero attached hydrogens (tertiary/aromatic N) is 3. The van der Waals surface area contributed by atoms with E-state index in [1.807, 2.05) is 10.9 Å². The highest BCUT2D eigenvalue weighted by atomic mass is 32.5. The molecule has 0 unspecified atom stereocenters. The quantitative estimate of drug-likeness (QED) is 0.347. The molecule has 192 valence electrons. The number of carbonyl (C=O) groups excluding carboxylic acids is 1. The van der Waals surface area contributed by atoms with E-state index in [-0.39, 0.29) is 23.4 Å². The summed E-state index contributed by atoms with van der Waals surface area (Å²) in [7, 11) is -10.1. The van der Waals surface area contributed by atoms with Crippen LogP contribution >= 0.6 is 10.2 Å². The molecule has 1 fully saturated rings. The van der Waals surface area contributed by atoms with Gasteiger partial charge in [-0.05, 0) is 69.7 Å². The molecular formula is C23H27F5N4O2S. The first kappa shape index (κ1) is 25.4. The second kappa shape index (κ2) is 7.63. The minimum Gasteiger partial charge on any atom is -0.386 e. The maximum atomic E-state index is 13.2. The molecule has 1 amide bonds. The van der Waals surface area contributed by atoms with Gasteiger partial charge in [0.05, 0.1) is 17.2 Å². The van der Waals surface area contributed by atoms with Crippen molar-refractivity contribution in [2.75, 3.05) is 5.32 Å². The number of nitrogens with one attached hydrogen (secondary N) is 1. The topological polar surface area (TPSA) is 80.0 Å². The van der Waals surface area contributed by atoms with Crippen molar-refractivity contribution in [3.63, 3.8) is 0 Å². The fraction of sp³-hybridized carbons (Fsp3) is 0.435. The first-order valence-corrected chi connectivity index (χ1v) is 13.1. The highest BCUT2D eigenvalue weighted by Gasteiger charge is 2.67. The van der Waals surface area contributed by atoms with Crippen molar-refractivity contribution in [1.82, 2.24) is 14.8 Å². The van der Waals surface area contributed by atoms with E-state index in [0.29, 0.717) is 22.9 Å². The maximum Gasteiger partial charge on any atom is 0.325 e. The van der Waals surface area contributed by atoms with Gasteiger partial charge in [-0.15, -0.1) is 0 Å². The number of hydrogen-bond donors (Lipinski definition) is 2. The first-order valence-electron chi connectivity index (χ1n) is 11.2. The zero-order valence-electron chi connectivity index (χ0n) is 19.4. The van der Waals surface area contributed by atoms with Crippen LogP contribution in [0.3, 0.4) is 0 Å². The molecule has 4 rings (SSSR count). The third-order valence-electron chi connectivity index (χ3n) is 6.28. The van der Waals surface area contributed by atoms with Gasteiger partial charge in [-0.2, -0.15) is 5.10 Å². The number of aromatic nitrogens is 3. The Kier molecular flexibility index (Phi) is 5.53. The van der Waals surface area contributed by atoms with Gasteiger partial charge in [0.2, 0.25) is 0 Å². The van der Waals surface area contributed by atoms with Crippen molar-refractivity contribution >= 4 is 32.7 Å². The second-order valence-electron chi connectivity index (χ2n) is 9.82. The summed E-state index contributed by atoms with van der Waals surface area (Å²) >= 11 is 0. The summed E-state index contributed by atoms with van der Waals surface area (Å²) < 4.78 is 67.6. The maximum absolute atomic E-state index is 13.2. The largest absolute Gasteiger partial charge is 0.386 e. The highest BCUT2D eigenvalue weighted by molar-refractivity contribution is 8.45. The van der Waals surface area contributed by atoms with Gasteiger partial charge in [0, 0.05) is 22.8 Å². The molecule has 1 saturated carbocycles. The number of pyridine rings is 1. The molecule has 3 aromatic rings. The molecule has 2 heterocycles. The van der Waals surface area contributed by atoms with E-state index < -0.39 is 32.5 Å². The second-order valence-corrected chi connectivity index (χ2v) is 12.2. The molecule has 0 radical (unpaired) electrons. The van der Waals surface area contributed by atoms with Gasteiger partial charge in [0.1, 0.15) is 5.69 Å². The van der Waals surface area contributed by atoms with Crippen molar-refractivity contribution in [3.05, 3.63) is 47.8 Å². The van der Waals surface area contributed by atoms with Crippen LogP contribution in [0.4, 0.5) is 25.1 Å². The summed E-state index contributed by atoms with van der Waals surface area (Å²) in [6.07, 6.45) is 5.95. The number of carbonyl (C=O) groups is 1. The van der Waals surface area contributed by atoms with E-state index in [4.69, 9.17) is 0 Å². The van der Waals surface area contributed by atoms with E-state index in [1.165, 1.54) is 13.8 Å². The lowest BCUT2D eigenvalue weighted by Crippen LogP contribution is -2.22. The average molecular weight is 519 g/mol. The number of anilines is 1. The standard InChI is InChI=1S/C23H27F5N4O2S/c1-14-7-9-16(10-8-14)32-13-15-11-20(17(23(2,3)34)12-19(15)31-32)30-22(33)18-5-4-6-21(29-18)35(24,25,26,27)28/h4-6,11-14,16,34H,7-10H2,1-3H3,(H,30,33)/t14-,16-. The molecule has 6 nitrogen and oxygen atoms in total. The molecule has 2 N–H and O–H groups in total. The number of rotatable bonds is 5. The van der Waals surface area contributed by atoms with Crippen LogP contribution < -0.4 is 5.32 Å².